The number of benzene rings is 1. The quantitative estimate of drug-likeness (QED) is 0.855. The zero-order valence-corrected chi connectivity index (χ0v) is 10.5. The molecule has 1 aliphatic carbocycles. The van der Waals surface area contributed by atoms with Crippen molar-refractivity contribution in [2.24, 2.45) is 0 Å². The van der Waals surface area contributed by atoms with Crippen LogP contribution < -0.4 is 0 Å². The molecule has 1 aromatic heterocycles. The zero-order chi connectivity index (χ0) is 12.7. The summed E-state index contributed by atoms with van der Waals surface area (Å²) in [6.45, 7) is 0. The average molecular weight is 262 g/mol. The number of halogens is 1. The Morgan fingerprint density at radius 3 is 2.83 bits per heavy atom. The molecule has 0 atom stereocenters. The van der Waals surface area contributed by atoms with Crippen molar-refractivity contribution in [3.05, 3.63) is 40.0 Å². The molecule has 0 saturated carbocycles. The number of fused-ring (bicyclic) bond motifs is 2. The van der Waals surface area contributed by atoms with Crippen LogP contribution in [0.15, 0.2) is 18.2 Å². The van der Waals surface area contributed by atoms with E-state index in [9.17, 15) is 9.90 Å². The van der Waals surface area contributed by atoms with Gasteiger partial charge < -0.3 is 5.11 Å². The molecule has 3 nitrogen and oxygen atoms in total. The second-order valence-corrected chi connectivity index (χ2v) is 4.97. The first-order valence-corrected chi connectivity index (χ1v) is 6.39. The van der Waals surface area contributed by atoms with Crippen LogP contribution >= 0.6 is 11.6 Å². The maximum atomic E-state index is 11.6. The third kappa shape index (κ3) is 1.66. The molecule has 1 aromatic carbocycles. The number of carboxylic acids is 1. The van der Waals surface area contributed by atoms with E-state index in [2.05, 4.69) is 4.98 Å². The van der Waals surface area contributed by atoms with Crippen LogP contribution in [0.25, 0.3) is 10.9 Å². The second kappa shape index (κ2) is 4.25. The van der Waals surface area contributed by atoms with Crippen LogP contribution in [-0.2, 0) is 12.8 Å². The minimum atomic E-state index is -0.909. The molecule has 4 heteroatoms. The summed E-state index contributed by atoms with van der Waals surface area (Å²) in [7, 11) is 0. The maximum Gasteiger partial charge on any atom is 0.336 e. The first-order chi connectivity index (χ1) is 8.68. The van der Waals surface area contributed by atoms with Crippen LogP contribution in [0.2, 0.25) is 5.02 Å². The Labute approximate surface area is 109 Å². The fourth-order valence-electron chi connectivity index (χ4n) is 2.67. The third-order valence-electron chi connectivity index (χ3n) is 3.45. The predicted octanol–water partition coefficient (Wildman–Crippen LogP) is 3.47. The highest BCUT2D eigenvalue weighted by Gasteiger charge is 2.23. The standard InChI is InChI=1S/C14H12ClNO2/c15-9-5-3-7-11-13(9)12(14(17)18)8-4-1-2-6-10(8)16-11/h3,5,7H,1-2,4,6H2,(H,17,18). The SMILES string of the molecule is O=C(O)c1c2c(nc3cccc(Cl)c13)CCCC2. The van der Waals surface area contributed by atoms with Crippen LogP contribution in [0.1, 0.15) is 34.5 Å². The number of aromatic carboxylic acids is 1. The molecular formula is C14H12ClNO2. The summed E-state index contributed by atoms with van der Waals surface area (Å²) in [6, 6.07) is 5.34. The first kappa shape index (κ1) is 11.5. The number of pyridine rings is 1. The molecule has 0 fully saturated rings. The Hall–Kier alpha value is -1.61. The highest BCUT2D eigenvalue weighted by molar-refractivity contribution is 6.36. The highest BCUT2D eigenvalue weighted by atomic mass is 35.5. The maximum absolute atomic E-state index is 11.6. The van der Waals surface area contributed by atoms with Crippen molar-refractivity contribution in [1.29, 1.82) is 0 Å². The summed E-state index contributed by atoms with van der Waals surface area (Å²) in [5, 5.41) is 10.5. The van der Waals surface area contributed by atoms with Gasteiger partial charge in [-0.2, -0.15) is 0 Å². The molecule has 1 heterocycles. The van der Waals surface area contributed by atoms with E-state index in [-0.39, 0.29) is 0 Å². The van der Waals surface area contributed by atoms with Crippen molar-refractivity contribution in [2.45, 2.75) is 25.7 Å². The summed E-state index contributed by atoms with van der Waals surface area (Å²) >= 11 is 6.15. The molecule has 0 bridgehead atoms. The largest absolute Gasteiger partial charge is 0.478 e. The van der Waals surface area contributed by atoms with Gasteiger partial charge in [-0.05, 0) is 43.4 Å². The van der Waals surface area contributed by atoms with Gasteiger partial charge in [-0.25, -0.2) is 4.79 Å². The van der Waals surface area contributed by atoms with Crippen molar-refractivity contribution < 1.29 is 9.90 Å². The van der Waals surface area contributed by atoms with Crippen LogP contribution in [0.3, 0.4) is 0 Å². The van der Waals surface area contributed by atoms with Crippen molar-refractivity contribution in [1.82, 2.24) is 4.98 Å². The fourth-order valence-corrected chi connectivity index (χ4v) is 2.93. The first-order valence-electron chi connectivity index (χ1n) is 6.02. The Bertz CT molecular complexity index is 652. The lowest BCUT2D eigenvalue weighted by atomic mass is 9.90. The summed E-state index contributed by atoms with van der Waals surface area (Å²) in [4.78, 5) is 16.1. The lowest BCUT2D eigenvalue weighted by Crippen LogP contribution is -2.13. The van der Waals surface area contributed by atoms with E-state index in [1.807, 2.05) is 6.07 Å². The van der Waals surface area contributed by atoms with Gasteiger partial charge in [-0.1, -0.05) is 17.7 Å². The molecule has 92 valence electrons. The molecule has 1 N–H and O–H groups in total. The van der Waals surface area contributed by atoms with Gasteiger partial charge in [0.15, 0.2) is 0 Å². The number of hydrogen-bond acceptors (Lipinski definition) is 2. The Kier molecular flexibility index (Phi) is 2.71. The minimum Gasteiger partial charge on any atom is -0.478 e. The highest BCUT2D eigenvalue weighted by Crippen LogP contribution is 2.33. The van der Waals surface area contributed by atoms with Gasteiger partial charge in [-0.15, -0.1) is 0 Å². The van der Waals surface area contributed by atoms with E-state index >= 15 is 0 Å². The van der Waals surface area contributed by atoms with Crippen molar-refractivity contribution in [3.8, 4) is 0 Å². The Balaban J connectivity index is 2.45. The Morgan fingerprint density at radius 2 is 2.06 bits per heavy atom. The normalized spacial score (nSPS) is 14.5. The smallest absolute Gasteiger partial charge is 0.336 e. The number of hydrogen-bond donors (Lipinski definition) is 1. The topological polar surface area (TPSA) is 50.2 Å². The van der Waals surface area contributed by atoms with Crippen molar-refractivity contribution in [3.63, 3.8) is 0 Å². The summed E-state index contributed by atoms with van der Waals surface area (Å²) in [6.07, 6.45) is 3.74. The van der Waals surface area contributed by atoms with Gasteiger partial charge in [0.25, 0.3) is 0 Å². The van der Waals surface area contributed by atoms with Gasteiger partial charge in [-0.3, -0.25) is 4.98 Å². The molecule has 0 amide bonds. The van der Waals surface area contributed by atoms with Gasteiger partial charge in [0.05, 0.1) is 16.1 Å². The number of aryl methyl sites for hydroxylation is 1. The number of carboxylic acid groups (broad SMARTS) is 1. The van der Waals surface area contributed by atoms with Gasteiger partial charge >= 0.3 is 5.97 Å². The molecular weight excluding hydrogens is 250 g/mol. The molecule has 3 rings (SSSR count). The number of nitrogens with zero attached hydrogens (tertiary/aromatic N) is 1. The number of rotatable bonds is 1. The molecule has 1 aliphatic rings. The fraction of sp³-hybridized carbons (Fsp3) is 0.286. The van der Waals surface area contributed by atoms with Crippen molar-refractivity contribution >= 4 is 28.5 Å². The minimum absolute atomic E-state index is 0.348. The molecule has 0 saturated heterocycles. The molecule has 0 radical (unpaired) electrons. The number of carbonyl (C=O) groups is 1. The predicted molar refractivity (Wildman–Crippen MR) is 70.4 cm³/mol. The summed E-state index contributed by atoms with van der Waals surface area (Å²) in [5.74, 6) is -0.909. The third-order valence-corrected chi connectivity index (χ3v) is 3.77. The Morgan fingerprint density at radius 1 is 1.28 bits per heavy atom. The van der Waals surface area contributed by atoms with E-state index in [1.54, 1.807) is 12.1 Å². The van der Waals surface area contributed by atoms with Crippen molar-refractivity contribution in [2.75, 3.05) is 0 Å². The van der Waals surface area contributed by atoms with Gasteiger partial charge in [0.2, 0.25) is 0 Å². The van der Waals surface area contributed by atoms with Crippen LogP contribution in [0, 0.1) is 0 Å². The van der Waals surface area contributed by atoms with E-state index in [4.69, 9.17) is 11.6 Å². The average Bonchev–Trinajstić information content (AvgIpc) is 2.36. The van der Waals surface area contributed by atoms with Crippen LogP contribution in [-0.4, -0.2) is 16.1 Å². The molecule has 0 unspecified atom stereocenters. The molecule has 0 spiro atoms. The zero-order valence-electron chi connectivity index (χ0n) is 9.74. The monoisotopic (exact) mass is 261 g/mol. The number of aromatic nitrogens is 1. The van der Waals surface area contributed by atoms with E-state index in [0.29, 0.717) is 21.5 Å². The second-order valence-electron chi connectivity index (χ2n) is 4.56. The van der Waals surface area contributed by atoms with Crippen LogP contribution in [0.5, 0.6) is 0 Å². The van der Waals surface area contributed by atoms with Crippen LogP contribution in [0.4, 0.5) is 0 Å². The lowest BCUT2D eigenvalue weighted by molar-refractivity contribution is 0.0697. The van der Waals surface area contributed by atoms with Gasteiger partial charge in [0, 0.05) is 11.1 Å². The summed E-state index contributed by atoms with van der Waals surface area (Å²) in [5.41, 5.74) is 2.82. The van der Waals surface area contributed by atoms with E-state index in [0.717, 1.165) is 36.9 Å². The summed E-state index contributed by atoms with van der Waals surface area (Å²) < 4.78 is 0. The van der Waals surface area contributed by atoms with E-state index < -0.39 is 5.97 Å². The van der Waals surface area contributed by atoms with E-state index in [1.165, 1.54) is 0 Å². The molecule has 18 heavy (non-hydrogen) atoms. The van der Waals surface area contributed by atoms with Gasteiger partial charge in [0.1, 0.15) is 0 Å². The lowest BCUT2D eigenvalue weighted by Gasteiger charge is -2.19. The molecule has 0 aliphatic heterocycles. The molecule has 2 aromatic rings.